The summed E-state index contributed by atoms with van der Waals surface area (Å²) in [6.07, 6.45) is 5.49. The van der Waals surface area contributed by atoms with Gasteiger partial charge in [0.15, 0.2) is 0 Å². The number of anilines is 2. The van der Waals surface area contributed by atoms with E-state index in [1.165, 1.54) is 6.42 Å². The summed E-state index contributed by atoms with van der Waals surface area (Å²) in [5, 5.41) is 5.51. The van der Waals surface area contributed by atoms with Crippen LogP contribution in [0.1, 0.15) is 32.1 Å². The van der Waals surface area contributed by atoms with Crippen LogP contribution in [0.2, 0.25) is 10.0 Å². The Morgan fingerprint density at radius 1 is 0.788 bits per heavy atom. The van der Waals surface area contributed by atoms with Gasteiger partial charge in [0, 0.05) is 21.4 Å². The number of aliphatic imine (C=N–C) groups is 1. The van der Waals surface area contributed by atoms with Crippen LogP contribution in [0, 0.1) is 0 Å². The Morgan fingerprint density at radius 3 is 1.94 bits per heavy atom. The molecule has 1 N–H and O–H groups in total. The summed E-state index contributed by atoms with van der Waals surface area (Å²) in [6.45, 7) is 0. The lowest BCUT2D eigenvalue weighted by Gasteiger charge is -2.42. The molecule has 0 radical (unpaired) electrons. The molecule has 0 aromatic heterocycles. The molecule has 33 heavy (non-hydrogen) atoms. The van der Waals surface area contributed by atoms with Crippen molar-refractivity contribution in [1.29, 1.82) is 0 Å². The SMILES string of the molecule is S=C1N=C(Nc2ccc(Cl)cc2)C2(CCCCC2)N1c1ccc(Oc2ccc(Cl)cc2)cc1. The number of benzene rings is 3. The molecule has 1 aliphatic carbocycles. The maximum absolute atomic E-state index is 6.06. The highest BCUT2D eigenvalue weighted by Gasteiger charge is 2.49. The molecule has 0 unspecified atom stereocenters. The molecule has 3 aromatic carbocycles. The van der Waals surface area contributed by atoms with Gasteiger partial charge < -0.3 is 15.0 Å². The minimum atomic E-state index is -0.270. The molecule has 0 atom stereocenters. The minimum Gasteiger partial charge on any atom is -0.457 e. The van der Waals surface area contributed by atoms with E-state index in [2.05, 4.69) is 22.3 Å². The molecule has 4 nitrogen and oxygen atoms in total. The average Bonchev–Trinajstić information content (AvgIpc) is 3.08. The van der Waals surface area contributed by atoms with Gasteiger partial charge in [-0.15, -0.1) is 0 Å². The van der Waals surface area contributed by atoms with Gasteiger partial charge in [-0.2, -0.15) is 0 Å². The molecule has 1 spiro atoms. The van der Waals surface area contributed by atoms with E-state index in [0.29, 0.717) is 15.2 Å². The van der Waals surface area contributed by atoms with E-state index < -0.39 is 0 Å². The maximum atomic E-state index is 6.06. The first-order chi connectivity index (χ1) is 16.0. The second-order valence-corrected chi connectivity index (χ2v) is 9.59. The number of thiocarbonyl (C=S) groups is 1. The van der Waals surface area contributed by atoms with Crippen molar-refractivity contribution in [3.63, 3.8) is 0 Å². The van der Waals surface area contributed by atoms with E-state index >= 15 is 0 Å². The number of hydrogen-bond acceptors (Lipinski definition) is 3. The Balaban J connectivity index is 1.41. The maximum Gasteiger partial charge on any atom is 0.202 e. The first kappa shape index (κ1) is 22.2. The predicted octanol–water partition coefficient (Wildman–Crippen LogP) is 8.10. The van der Waals surface area contributed by atoms with E-state index in [-0.39, 0.29) is 5.54 Å². The van der Waals surface area contributed by atoms with Gasteiger partial charge in [0.25, 0.3) is 0 Å². The Hall–Kier alpha value is -2.60. The predicted molar refractivity (Wildman–Crippen MR) is 141 cm³/mol. The Bertz CT molecular complexity index is 1170. The first-order valence-electron chi connectivity index (χ1n) is 11.0. The van der Waals surface area contributed by atoms with E-state index in [0.717, 1.165) is 54.4 Å². The number of hydrogen-bond donors (Lipinski definition) is 1. The summed E-state index contributed by atoms with van der Waals surface area (Å²) in [4.78, 5) is 7.04. The van der Waals surface area contributed by atoms with Gasteiger partial charge in [-0.3, -0.25) is 0 Å². The standard InChI is InChI=1S/C26H23Cl2N3OS/c27-18-4-8-20(9-5-18)29-24-26(16-2-1-3-17-26)31(25(33)30-24)21-10-14-23(15-11-21)32-22-12-6-19(28)7-13-22/h4-15H,1-3,16-17H2,(H,29,30,33). The van der Waals surface area contributed by atoms with E-state index in [9.17, 15) is 0 Å². The smallest absolute Gasteiger partial charge is 0.202 e. The van der Waals surface area contributed by atoms with Crippen LogP contribution in [-0.4, -0.2) is 16.5 Å². The lowest BCUT2D eigenvalue weighted by molar-refractivity contribution is 0.386. The fourth-order valence-corrected chi connectivity index (χ4v) is 5.23. The molecule has 2 aliphatic rings. The molecule has 3 aromatic rings. The number of rotatable bonds is 4. The second-order valence-electron chi connectivity index (χ2n) is 8.35. The van der Waals surface area contributed by atoms with Crippen LogP contribution in [0.5, 0.6) is 11.5 Å². The molecule has 0 saturated heterocycles. The molecule has 168 valence electrons. The third-order valence-electron chi connectivity index (χ3n) is 6.20. The quantitative estimate of drug-likeness (QED) is 0.370. The van der Waals surface area contributed by atoms with E-state index in [4.69, 9.17) is 45.1 Å². The minimum absolute atomic E-state index is 0.270. The summed E-state index contributed by atoms with van der Waals surface area (Å²) in [5.74, 6) is 2.41. The Labute approximate surface area is 209 Å². The molecule has 1 aliphatic heterocycles. The number of amidine groups is 1. The molecule has 1 fully saturated rings. The third kappa shape index (κ3) is 4.58. The zero-order chi connectivity index (χ0) is 22.8. The van der Waals surface area contributed by atoms with Gasteiger partial charge in [-0.1, -0.05) is 42.5 Å². The number of nitrogens with zero attached hydrogens (tertiary/aromatic N) is 2. The van der Waals surface area contributed by atoms with Crippen molar-refractivity contribution in [3.05, 3.63) is 82.8 Å². The van der Waals surface area contributed by atoms with Crippen molar-refractivity contribution < 1.29 is 4.74 Å². The first-order valence-corrected chi connectivity index (χ1v) is 12.2. The third-order valence-corrected chi connectivity index (χ3v) is 6.98. The topological polar surface area (TPSA) is 36.9 Å². The molecule has 1 saturated carbocycles. The molecular formula is C26H23Cl2N3OS. The fourth-order valence-electron chi connectivity index (χ4n) is 4.61. The zero-order valence-electron chi connectivity index (χ0n) is 17.9. The largest absolute Gasteiger partial charge is 0.457 e. The highest BCUT2D eigenvalue weighted by atomic mass is 35.5. The van der Waals surface area contributed by atoms with Crippen molar-refractivity contribution in [3.8, 4) is 11.5 Å². The van der Waals surface area contributed by atoms with Crippen LogP contribution in [-0.2, 0) is 0 Å². The highest BCUT2D eigenvalue weighted by molar-refractivity contribution is 7.80. The van der Waals surface area contributed by atoms with Gasteiger partial charge in [0.05, 0.1) is 0 Å². The van der Waals surface area contributed by atoms with Crippen molar-refractivity contribution >= 4 is 57.7 Å². The van der Waals surface area contributed by atoms with Crippen LogP contribution >= 0.6 is 35.4 Å². The van der Waals surface area contributed by atoms with Gasteiger partial charge in [0.1, 0.15) is 22.9 Å². The average molecular weight is 496 g/mol. The molecule has 7 heteroatoms. The summed E-state index contributed by atoms with van der Waals surface area (Å²) < 4.78 is 5.96. The van der Waals surface area contributed by atoms with Crippen LogP contribution < -0.4 is 15.0 Å². The van der Waals surface area contributed by atoms with Crippen LogP contribution in [0.25, 0.3) is 0 Å². The molecule has 0 amide bonds. The van der Waals surface area contributed by atoms with E-state index in [1.54, 1.807) is 0 Å². The monoisotopic (exact) mass is 495 g/mol. The normalized spacial score (nSPS) is 17.2. The molecule has 0 bridgehead atoms. The molecule has 1 heterocycles. The fraction of sp³-hybridized carbons (Fsp3) is 0.231. The number of nitrogens with one attached hydrogen (secondary N) is 1. The zero-order valence-corrected chi connectivity index (χ0v) is 20.3. The van der Waals surface area contributed by atoms with Crippen molar-refractivity contribution in [2.24, 2.45) is 4.99 Å². The van der Waals surface area contributed by atoms with Gasteiger partial charge >= 0.3 is 0 Å². The van der Waals surface area contributed by atoms with Crippen molar-refractivity contribution in [2.75, 3.05) is 10.2 Å². The highest BCUT2D eigenvalue weighted by Crippen LogP contribution is 2.42. The Kier molecular flexibility index (Phi) is 6.28. The summed E-state index contributed by atoms with van der Waals surface area (Å²) >= 11 is 17.8. The van der Waals surface area contributed by atoms with Crippen molar-refractivity contribution in [1.82, 2.24) is 0 Å². The van der Waals surface area contributed by atoms with Crippen LogP contribution in [0.15, 0.2) is 77.8 Å². The van der Waals surface area contributed by atoms with Gasteiger partial charge in [-0.05, 0) is 97.9 Å². The number of ether oxygens (including phenoxy) is 1. The van der Waals surface area contributed by atoms with Crippen LogP contribution in [0.3, 0.4) is 0 Å². The lowest BCUT2D eigenvalue weighted by atomic mass is 9.79. The summed E-state index contributed by atoms with van der Waals surface area (Å²) in [6, 6.07) is 23.1. The van der Waals surface area contributed by atoms with Crippen molar-refractivity contribution in [2.45, 2.75) is 37.6 Å². The Morgan fingerprint density at radius 2 is 1.33 bits per heavy atom. The summed E-state index contributed by atoms with van der Waals surface area (Å²) in [5.41, 5.74) is 1.70. The number of halogens is 2. The molecular weight excluding hydrogens is 473 g/mol. The van der Waals surface area contributed by atoms with E-state index in [1.807, 2.05) is 60.7 Å². The molecule has 5 rings (SSSR count). The van der Waals surface area contributed by atoms with Gasteiger partial charge in [0.2, 0.25) is 5.11 Å². The van der Waals surface area contributed by atoms with Gasteiger partial charge in [-0.25, -0.2) is 4.99 Å². The van der Waals surface area contributed by atoms with Crippen LogP contribution in [0.4, 0.5) is 11.4 Å². The lowest BCUT2D eigenvalue weighted by Crippen LogP contribution is -2.55. The summed E-state index contributed by atoms with van der Waals surface area (Å²) in [7, 11) is 0. The second kappa shape index (κ2) is 9.34.